The third kappa shape index (κ3) is 3.09. The van der Waals surface area contributed by atoms with Gasteiger partial charge in [-0.25, -0.2) is 0 Å². The molecule has 0 saturated carbocycles. The molecule has 1 aliphatic carbocycles. The van der Waals surface area contributed by atoms with E-state index in [2.05, 4.69) is 116 Å². The van der Waals surface area contributed by atoms with E-state index in [-0.39, 0.29) is 0 Å². The van der Waals surface area contributed by atoms with Crippen molar-refractivity contribution in [3.05, 3.63) is 87.9 Å². The van der Waals surface area contributed by atoms with Crippen LogP contribution in [0.3, 0.4) is 0 Å². The Hall–Kier alpha value is -2.04. The van der Waals surface area contributed by atoms with Gasteiger partial charge in [-0.05, 0) is 0 Å². The Labute approximate surface area is 172 Å². The van der Waals surface area contributed by atoms with Gasteiger partial charge >= 0.3 is 172 Å². The number of fused-ring (bicyclic) bond motifs is 2. The molecule has 0 saturated heterocycles. The van der Waals surface area contributed by atoms with Crippen molar-refractivity contribution in [2.24, 2.45) is 0 Å². The van der Waals surface area contributed by atoms with Gasteiger partial charge in [0.2, 0.25) is 0 Å². The number of hydrogen-bond donors (Lipinski definition) is 0. The molecule has 0 bridgehead atoms. The van der Waals surface area contributed by atoms with Gasteiger partial charge < -0.3 is 0 Å². The molecule has 0 fully saturated rings. The van der Waals surface area contributed by atoms with E-state index < -0.39 is 13.3 Å². The van der Waals surface area contributed by atoms with Crippen molar-refractivity contribution < 1.29 is 0 Å². The van der Waals surface area contributed by atoms with Crippen LogP contribution in [0.2, 0.25) is 11.5 Å². The molecule has 2 aliphatic rings. The van der Waals surface area contributed by atoms with E-state index in [1.807, 2.05) is 0 Å². The Morgan fingerprint density at radius 3 is 2.25 bits per heavy atom. The monoisotopic (exact) mass is 432 g/mol. The summed E-state index contributed by atoms with van der Waals surface area (Å²) in [6.07, 6.45) is 7.26. The fraction of sp³-hybridized carbons (Fsp3) is 0.280. The van der Waals surface area contributed by atoms with E-state index in [1.165, 1.54) is 28.0 Å². The predicted molar refractivity (Wildman–Crippen MR) is 125 cm³/mol. The molecule has 2 aromatic carbocycles. The summed E-state index contributed by atoms with van der Waals surface area (Å²) in [6.45, 7) is 0. The van der Waals surface area contributed by atoms with E-state index in [0.717, 1.165) is 0 Å². The molecule has 1 atom stereocenters. The van der Waals surface area contributed by atoms with Crippen LogP contribution >= 0.6 is 0 Å². The number of benzene rings is 2. The first-order chi connectivity index (χ1) is 13.3. The van der Waals surface area contributed by atoms with Crippen LogP contribution in [0.5, 0.6) is 0 Å². The minimum atomic E-state index is -2.43. The fourth-order valence-corrected chi connectivity index (χ4v) is 11.0. The molecule has 0 amide bonds. The second-order valence-electron chi connectivity index (χ2n) is 8.80. The van der Waals surface area contributed by atoms with Gasteiger partial charge in [0.05, 0.1) is 0 Å². The normalized spacial score (nSPS) is 20.0. The Morgan fingerprint density at radius 2 is 1.61 bits per heavy atom. The van der Waals surface area contributed by atoms with Crippen LogP contribution < -0.4 is 9.30 Å². The maximum absolute atomic E-state index is 2.55. The number of nitrogens with zero attached hydrogens (tertiary/aromatic N) is 2. The van der Waals surface area contributed by atoms with Crippen molar-refractivity contribution >= 4 is 28.9 Å². The summed E-state index contributed by atoms with van der Waals surface area (Å²) in [7, 11) is 8.60. The van der Waals surface area contributed by atoms with Crippen molar-refractivity contribution in [1.82, 2.24) is 4.90 Å². The predicted octanol–water partition coefficient (Wildman–Crippen LogP) is 4.45. The van der Waals surface area contributed by atoms with Gasteiger partial charge in [0, 0.05) is 0 Å². The van der Waals surface area contributed by atoms with Crippen molar-refractivity contribution in [2.75, 3.05) is 33.1 Å². The zero-order chi connectivity index (χ0) is 20.1. The van der Waals surface area contributed by atoms with E-state index >= 15 is 0 Å². The molecule has 1 aliphatic heterocycles. The molecule has 1 heterocycles. The van der Waals surface area contributed by atoms with Crippen molar-refractivity contribution in [3.8, 4) is 0 Å². The third-order valence-electron chi connectivity index (χ3n) is 6.15. The molecular formula is C25H30GeN2. The molecule has 2 aromatic rings. The first-order valence-corrected chi connectivity index (χ1v) is 16.3. The summed E-state index contributed by atoms with van der Waals surface area (Å²) >= 11 is -2.43. The maximum atomic E-state index is 2.55. The summed E-state index contributed by atoms with van der Waals surface area (Å²) in [5.41, 5.74) is 6.88. The molecular weight excluding hydrogens is 401 g/mol. The first kappa shape index (κ1) is 19.3. The van der Waals surface area contributed by atoms with Crippen LogP contribution in [-0.2, 0) is 0 Å². The van der Waals surface area contributed by atoms with E-state index in [1.54, 1.807) is 8.80 Å². The standard InChI is InChI=1S/C25H30GeN2/c1-26(2)23-16-19(27(3)4)12-14-21(23)25(18-10-8-7-9-11-18)22-15-13-20(28(5)6)17-24(22)26/h7-17,19H,1-6H3. The summed E-state index contributed by atoms with van der Waals surface area (Å²) in [6, 6.07) is 18.4. The summed E-state index contributed by atoms with van der Waals surface area (Å²) in [5.74, 6) is 5.11. The van der Waals surface area contributed by atoms with Crippen molar-refractivity contribution in [2.45, 2.75) is 17.6 Å². The summed E-state index contributed by atoms with van der Waals surface area (Å²) in [5, 5.41) is 0. The van der Waals surface area contributed by atoms with E-state index in [0.29, 0.717) is 6.04 Å². The van der Waals surface area contributed by atoms with Crippen LogP contribution in [0.15, 0.2) is 76.7 Å². The molecule has 144 valence electrons. The van der Waals surface area contributed by atoms with Gasteiger partial charge in [0.1, 0.15) is 0 Å². The number of likely N-dealkylation sites (N-methyl/N-ethyl adjacent to an activating group) is 1. The van der Waals surface area contributed by atoms with Gasteiger partial charge in [-0.1, -0.05) is 0 Å². The molecule has 28 heavy (non-hydrogen) atoms. The molecule has 4 rings (SSSR count). The molecule has 0 spiro atoms. The number of rotatable bonds is 3. The van der Waals surface area contributed by atoms with Crippen LogP contribution in [0.1, 0.15) is 11.1 Å². The van der Waals surface area contributed by atoms with Crippen LogP contribution in [0, 0.1) is 0 Å². The average Bonchev–Trinajstić information content (AvgIpc) is 2.68. The third-order valence-corrected chi connectivity index (χ3v) is 13.6. The molecule has 2 nitrogen and oxygen atoms in total. The number of anilines is 1. The van der Waals surface area contributed by atoms with E-state index in [4.69, 9.17) is 0 Å². The molecule has 0 aromatic heterocycles. The van der Waals surface area contributed by atoms with E-state index in [9.17, 15) is 0 Å². The molecule has 1 unspecified atom stereocenters. The fourth-order valence-electron chi connectivity index (χ4n) is 4.44. The SMILES string of the molecule is CN(C)c1ccc2[c](c1)[Ge]([CH3])([CH3])[C]1=CC(N(C)C)C=CC1=C2c1ccccc1. The summed E-state index contributed by atoms with van der Waals surface area (Å²) < 4.78 is 3.20. The second kappa shape index (κ2) is 7.09. The second-order valence-corrected chi connectivity index (χ2v) is 17.9. The van der Waals surface area contributed by atoms with Gasteiger partial charge in [-0.15, -0.1) is 0 Å². The van der Waals surface area contributed by atoms with Gasteiger partial charge in [0.25, 0.3) is 0 Å². The van der Waals surface area contributed by atoms with Crippen LogP contribution in [0.25, 0.3) is 5.57 Å². The summed E-state index contributed by atoms with van der Waals surface area (Å²) in [4.78, 5) is 4.52. The Balaban J connectivity index is 2.04. The van der Waals surface area contributed by atoms with Crippen LogP contribution in [-0.4, -0.2) is 52.4 Å². The minimum absolute atomic E-state index is 0.374. The average molecular weight is 431 g/mol. The Morgan fingerprint density at radius 1 is 0.893 bits per heavy atom. The van der Waals surface area contributed by atoms with Crippen molar-refractivity contribution in [3.63, 3.8) is 0 Å². The molecule has 3 heteroatoms. The number of allylic oxidation sites excluding steroid dienone is 3. The van der Waals surface area contributed by atoms with Gasteiger partial charge in [0.15, 0.2) is 0 Å². The first-order valence-electron chi connectivity index (χ1n) is 10.00. The van der Waals surface area contributed by atoms with Gasteiger partial charge in [-0.3, -0.25) is 0 Å². The molecule has 0 radical (unpaired) electrons. The quantitative estimate of drug-likeness (QED) is 0.663. The zero-order valence-corrected chi connectivity index (χ0v) is 19.9. The number of hydrogen-bond acceptors (Lipinski definition) is 2. The van der Waals surface area contributed by atoms with Gasteiger partial charge in [-0.2, -0.15) is 0 Å². The van der Waals surface area contributed by atoms with Crippen LogP contribution in [0.4, 0.5) is 5.69 Å². The van der Waals surface area contributed by atoms with Crippen molar-refractivity contribution in [1.29, 1.82) is 0 Å². The zero-order valence-electron chi connectivity index (χ0n) is 17.8. The Kier molecular flexibility index (Phi) is 4.88. The topological polar surface area (TPSA) is 6.48 Å². The molecule has 0 N–H and O–H groups in total. The Bertz CT molecular complexity index is 994.